The second-order valence-corrected chi connectivity index (χ2v) is 5.54. The molecule has 0 aliphatic heterocycles. The Morgan fingerprint density at radius 2 is 1.56 bits per heavy atom. The highest BCUT2D eigenvalue weighted by atomic mass is 16.5. The van der Waals surface area contributed by atoms with Gasteiger partial charge in [-0.15, -0.1) is 0 Å². The van der Waals surface area contributed by atoms with Crippen LogP contribution in [0.3, 0.4) is 0 Å². The first-order valence-corrected chi connectivity index (χ1v) is 6.12. The monoisotopic (exact) mass is 220 g/mol. The van der Waals surface area contributed by atoms with Crippen LogP contribution in [0.2, 0.25) is 0 Å². The number of hydrogen-bond acceptors (Lipinski definition) is 1. The van der Waals surface area contributed by atoms with Crippen LogP contribution in [0.15, 0.2) is 24.3 Å². The van der Waals surface area contributed by atoms with E-state index in [2.05, 4.69) is 59.7 Å². The van der Waals surface area contributed by atoms with E-state index in [1.54, 1.807) is 0 Å². The first-order chi connectivity index (χ1) is 7.35. The molecule has 0 bridgehead atoms. The molecule has 0 fully saturated rings. The van der Waals surface area contributed by atoms with Gasteiger partial charge in [0.1, 0.15) is 5.75 Å². The smallest absolute Gasteiger partial charge is 0.123 e. The Bertz CT molecular complexity index is 337. The molecule has 0 N–H and O–H groups in total. The second kappa shape index (κ2) is 4.90. The highest BCUT2D eigenvalue weighted by Gasteiger charge is 2.27. The van der Waals surface area contributed by atoms with Gasteiger partial charge in [0, 0.05) is 5.56 Å². The summed E-state index contributed by atoms with van der Waals surface area (Å²) in [7, 11) is 0. The number of para-hydroxylation sites is 1. The van der Waals surface area contributed by atoms with Crippen molar-refractivity contribution in [3.05, 3.63) is 29.8 Å². The number of hydrogen-bond donors (Lipinski definition) is 0. The Kier molecular flexibility index (Phi) is 4.01. The van der Waals surface area contributed by atoms with Crippen molar-refractivity contribution in [2.24, 2.45) is 5.92 Å². The Labute approximate surface area is 99.8 Å². The summed E-state index contributed by atoms with van der Waals surface area (Å²) in [5.41, 5.74) is 1.45. The molecule has 1 nitrogen and oxygen atoms in total. The van der Waals surface area contributed by atoms with E-state index in [1.165, 1.54) is 5.56 Å². The van der Waals surface area contributed by atoms with Crippen LogP contribution >= 0.6 is 0 Å². The molecule has 0 aliphatic rings. The molecule has 0 spiro atoms. The highest BCUT2D eigenvalue weighted by Crippen LogP contribution is 2.37. The average molecular weight is 220 g/mol. The molecular formula is C15H24O. The third-order valence-electron chi connectivity index (χ3n) is 3.39. The lowest BCUT2D eigenvalue weighted by atomic mass is 9.75. The van der Waals surface area contributed by atoms with Crippen LogP contribution in [0, 0.1) is 5.92 Å². The Hall–Kier alpha value is -0.980. The largest absolute Gasteiger partial charge is 0.491 e. The lowest BCUT2D eigenvalue weighted by Crippen LogP contribution is -2.25. The van der Waals surface area contributed by atoms with E-state index in [9.17, 15) is 0 Å². The SMILES string of the molecule is CC(C)Oc1ccccc1C(C)(C)C(C)C. The van der Waals surface area contributed by atoms with Gasteiger partial charge in [-0.3, -0.25) is 0 Å². The molecular weight excluding hydrogens is 196 g/mol. The molecule has 16 heavy (non-hydrogen) atoms. The van der Waals surface area contributed by atoms with Crippen LogP contribution in [0.5, 0.6) is 5.75 Å². The molecule has 0 saturated carbocycles. The molecule has 1 aromatic rings. The Balaban J connectivity index is 3.12. The second-order valence-electron chi connectivity index (χ2n) is 5.54. The summed E-state index contributed by atoms with van der Waals surface area (Å²) < 4.78 is 5.88. The molecule has 1 rings (SSSR count). The van der Waals surface area contributed by atoms with Gasteiger partial charge in [-0.25, -0.2) is 0 Å². The number of benzene rings is 1. The van der Waals surface area contributed by atoms with E-state index in [1.807, 2.05) is 6.07 Å². The van der Waals surface area contributed by atoms with Gasteiger partial charge in [0.25, 0.3) is 0 Å². The van der Waals surface area contributed by atoms with Gasteiger partial charge in [-0.2, -0.15) is 0 Å². The molecule has 0 aliphatic carbocycles. The molecule has 0 atom stereocenters. The van der Waals surface area contributed by atoms with Crippen LogP contribution in [0.4, 0.5) is 0 Å². The van der Waals surface area contributed by atoms with Crippen molar-refractivity contribution >= 4 is 0 Å². The lowest BCUT2D eigenvalue weighted by Gasteiger charge is -2.32. The molecule has 0 aromatic heterocycles. The van der Waals surface area contributed by atoms with Crippen molar-refractivity contribution in [2.75, 3.05) is 0 Å². The van der Waals surface area contributed by atoms with Crippen molar-refractivity contribution in [2.45, 2.75) is 53.1 Å². The molecule has 0 heterocycles. The summed E-state index contributed by atoms with van der Waals surface area (Å²) in [6, 6.07) is 8.38. The topological polar surface area (TPSA) is 9.23 Å². The maximum absolute atomic E-state index is 5.88. The molecule has 0 unspecified atom stereocenters. The van der Waals surface area contributed by atoms with E-state index in [0.717, 1.165) is 5.75 Å². The zero-order chi connectivity index (χ0) is 12.3. The first-order valence-electron chi connectivity index (χ1n) is 6.12. The summed E-state index contributed by atoms with van der Waals surface area (Å²) in [6.45, 7) is 13.2. The predicted octanol–water partition coefficient (Wildman–Crippen LogP) is 4.41. The fraction of sp³-hybridized carbons (Fsp3) is 0.600. The van der Waals surface area contributed by atoms with Gasteiger partial charge in [0.05, 0.1) is 6.10 Å². The maximum atomic E-state index is 5.88. The van der Waals surface area contributed by atoms with Gasteiger partial charge in [0.2, 0.25) is 0 Å². The molecule has 0 saturated heterocycles. The van der Waals surface area contributed by atoms with Crippen molar-refractivity contribution < 1.29 is 4.74 Å². The number of rotatable bonds is 4. The third kappa shape index (κ3) is 2.78. The standard InChI is InChI=1S/C15H24O/c1-11(2)15(5,6)13-9-7-8-10-14(13)16-12(3)4/h7-12H,1-6H3. The first kappa shape index (κ1) is 13.1. The van der Waals surface area contributed by atoms with Gasteiger partial charge in [-0.05, 0) is 31.2 Å². The minimum Gasteiger partial charge on any atom is -0.491 e. The van der Waals surface area contributed by atoms with Gasteiger partial charge >= 0.3 is 0 Å². The fourth-order valence-corrected chi connectivity index (χ4v) is 1.67. The van der Waals surface area contributed by atoms with E-state index < -0.39 is 0 Å². The van der Waals surface area contributed by atoms with Crippen LogP contribution in [-0.2, 0) is 5.41 Å². The van der Waals surface area contributed by atoms with Crippen molar-refractivity contribution in [3.63, 3.8) is 0 Å². The minimum absolute atomic E-state index is 0.144. The molecule has 0 amide bonds. The van der Waals surface area contributed by atoms with Crippen molar-refractivity contribution in [1.29, 1.82) is 0 Å². The van der Waals surface area contributed by atoms with Gasteiger partial charge in [0.15, 0.2) is 0 Å². The van der Waals surface area contributed by atoms with E-state index in [0.29, 0.717) is 5.92 Å². The highest BCUT2D eigenvalue weighted by molar-refractivity contribution is 5.39. The van der Waals surface area contributed by atoms with Crippen LogP contribution in [-0.4, -0.2) is 6.10 Å². The average Bonchev–Trinajstić information content (AvgIpc) is 2.17. The zero-order valence-electron chi connectivity index (χ0n) is 11.4. The van der Waals surface area contributed by atoms with Gasteiger partial charge < -0.3 is 4.74 Å². The van der Waals surface area contributed by atoms with E-state index >= 15 is 0 Å². The van der Waals surface area contributed by atoms with Crippen LogP contribution < -0.4 is 4.74 Å². The summed E-state index contributed by atoms with van der Waals surface area (Å²) in [6.07, 6.45) is 0.226. The Morgan fingerprint density at radius 1 is 1.00 bits per heavy atom. The fourth-order valence-electron chi connectivity index (χ4n) is 1.67. The molecule has 0 radical (unpaired) electrons. The van der Waals surface area contributed by atoms with Crippen LogP contribution in [0.1, 0.15) is 47.1 Å². The summed E-state index contributed by atoms with van der Waals surface area (Å²) in [4.78, 5) is 0. The van der Waals surface area contributed by atoms with E-state index in [4.69, 9.17) is 4.74 Å². The zero-order valence-corrected chi connectivity index (χ0v) is 11.4. The molecule has 1 heteroatoms. The molecule has 90 valence electrons. The quantitative estimate of drug-likeness (QED) is 0.730. The minimum atomic E-state index is 0.144. The number of ether oxygens (including phenoxy) is 1. The maximum Gasteiger partial charge on any atom is 0.123 e. The summed E-state index contributed by atoms with van der Waals surface area (Å²) in [5.74, 6) is 1.61. The third-order valence-corrected chi connectivity index (χ3v) is 3.39. The lowest BCUT2D eigenvalue weighted by molar-refractivity contribution is 0.231. The summed E-state index contributed by atoms with van der Waals surface area (Å²) in [5, 5.41) is 0. The predicted molar refractivity (Wildman–Crippen MR) is 70.1 cm³/mol. The Morgan fingerprint density at radius 3 is 2.06 bits per heavy atom. The normalized spacial score (nSPS) is 12.2. The summed E-state index contributed by atoms with van der Waals surface area (Å²) >= 11 is 0. The van der Waals surface area contributed by atoms with Gasteiger partial charge in [-0.1, -0.05) is 45.9 Å². The molecule has 1 aromatic carbocycles. The van der Waals surface area contributed by atoms with Crippen LogP contribution in [0.25, 0.3) is 0 Å². The van der Waals surface area contributed by atoms with Crippen molar-refractivity contribution in [1.82, 2.24) is 0 Å². The van der Waals surface area contributed by atoms with E-state index in [-0.39, 0.29) is 11.5 Å². The van der Waals surface area contributed by atoms with Crippen molar-refractivity contribution in [3.8, 4) is 5.75 Å².